The Kier molecular flexibility index (Phi) is 3.86. The van der Waals surface area contributed by atoms with Crippen LogP contribution in [0.3, 0.4) is 0 Å². The van der Waals surface area contributed by atoms with Crippen LogP contribution in [0.5, 0.6) is 0 Å². The highest BCUT2D eigenvalue weighted by Crippen LogP contribution is 2.36. The predicted molar refractivity (Wildman–Crippen MR) is 82.8 cm³/mol. The summed E-state index contributed by atoms with van der Waals surface area (Å²) in [5.41, 5.74) is -1.51. The van der Waals surface area contributed by atoms with E-state index in [-0.39, 0.29) is 17.7 Å². The van der Waals surface area contributed by atoms with Crippen molar-refractivity contribution in [3.63, 3.8) is 0 Å². The average molecular weight is 309 g/mol. The maximum absolute atomic E-state index is 12.9. The number of amides is 2. The average Bonchev–Trinajstić information content (AvgIpc) is 2.86. The molecule has 1 aromatic rings. The molecule has 1 aliphatic rings. The van der Waals surface area contributed by atoms with E-state index >= 15 is 0 Å². The standard InChI is InChI=1S/C15H23N3O2S/c1-9(2)10-11(19)17-14(3,4)13(20)18(10)15(5,6)12-16-7-8-21-12/h7-10H,1-6H3,(H,17,19). The molecule has 21 heavy (non-hydrogen) atoms. The van der Waals surface area contributed by atoms with Crippen molar-refractivity contribution in [2.24, 2.45) is 5.92 Å². The predicted octanol–water partition coefficient (Wildman–Crippen LogP) is 2.14. The van der Waals surface area contributed by atoms with Crippen molar-refractivity contribution in [1.82, 2.24) is 15.2 Å². The zero-order chi connectivity index (χ0) is 16.0. The topological polar surface area (TPSA) is 62.3 Å². The number of thiazole rings is 1. The fourth-order valence-corrected chi connectivity index (χ4v) is 3.57. The summed E-state index contributed by atoms with van der Waals surface area (Å²) in [7, 11) is 0. The molecule has 1 saturated heterocycles. The highest BCUT2D eigenvalue weighted by Gasteiger charge is 2.52. The van der Waals surface area contributed by atoms with E-state index in [9.17, 15) is 9.59 Å². The van der Waals surface area contributed by atoms with Crippen molar-refractivity contribution in [2.45, 2.75) is 58.7 Å². The second kappa shape index (κ2) is 5.09. The van der Waals surface area contributed by atoms with Crippen LogP contribution in [-0.4, -0.2) is 33.3 Å². The fraction of sp³-hybridized carbons (Fsp3) is 0.667. The van der Waals surface area contributed by atoms with Crippen LogP contribution in [0.1, 0.15) is 46.6 Å². The van der Waals surface area contributed by atoms with E-state index in [0.29, 0.717) is 0 Å². The molecule has 5 nitrogen and oxygen atoms in total. The van der Waals surface area contributed by atoms with E-state index < -0.39 is 17.1 Å². The number of carbonyl (C=O) groups excluding carboxylic acids is 2. The third-order valence-corrected chi connectivity index (χ3v) is 5.01. The van der Waals surface area contributed by atoms with Crippen molar-refractivity contribution in [2.75, 3.05) is 0 Å². The summed E-state index contributed by atoms with van der Waals surface area (Å²) < 4.78 is 0. The Morgan fingerprint density at radius 3 is 2.48 bits per heavy atom. The molecule has 2 heterocycles. The number of nitrogens with zero attached hydrogens (tertiary/aromatic N) is 2. The summed E-state index contributed by atoms with van der Waals surface area (Å²) in [6.45, 7) is 11.3. The third kappa shape index (κ3) is 2.57. The molecule has 0 aliphatic carbocycles. The van der Waals surface area contributed by atoms with Crippen LogP contribution in [0.15, 0.2) is 11.6 Å². The minimum absolute atomic E-state index is 0.0317. The zero-order valence-electron chi connectivity index (χ0n) is 13.4. The molecule has 2 rings (SSSR count). The monoisotopic (exact) mass is 309 g/mol. The number of hydrogen-bond acceptors (Lipinski definition) is 4. The number of aromatic nitrogens is 1. The van der Waals surface area contributed by atoms with Gasteiger partial charge in [-0.1, -0.05) is 13.8 Å². The maximum Gasteiger partial charge on any atom is 0.249 e. The van der Waals surface area contributed by atoms with Gasteiger partial charge in [0, 0.05) is 11.6 Å². The van der Waals surface area contributed by atoms with Crippen LogP contribution in [-0.2, 0) is 15.1 Å². The molecule has 0 aromatic carbocycles. The van der Waals surface area contributed by atoms with Crippen LogP contribution < -0.4 is 5.32 Å². The quantitative estimate of drug-likeness (QED) is 0.930. The van der Waals surface area contributed by atoms with E-state index in [1.807, 2.05) is 33.1 Å². The summed E-state index contributed by atoms with van der Waals surface area (Å²) in [5.74, 6) is -0.135. The molecular weight excluding hydrogens is 286 g/mol. The zero-order valence-corrected chi connectivity index (χ0v) is 14.2. The van der Waals surface area contributed by atoms with Gasteiger partial charge in [0.25, 0.3) is 0 Å². The van der Waals surface area contributed by atoms with E-state index in [4.69, 9.17) is 0 Å². The maximum atomic E-state index is 12.9. The minimum Gasteiger partial charge on any atom is -0.340 e. The largest absolute Gasteiger partial charge is 0.340 e. The first kappa shape index (κ1) is 15.9. The van der Waals surface area contributed by atoms with Gasteiger partial charge in [-0.2, -0.15) is 0 Å². The van der Waals surface area contributed by atoms with Crippen molar-refractivity contribution in [1.29, 1.82) is 0 Å². The van der Waals surface area contributed by atoms with Crippen molar-refractivity contribution in [3.8, 4) is 0 Å². The molecule has 1 fully saturated rings. The van der Waals surface area contributed by atoms with E-state index in [2.05, 4.69) is 10.3 Å². The van der Waals surface area contributed by atoms with Gasteiger partial charge in [0.1, 0.15) is 16.6 Å². The lowest BCUT2D eigenvalue weighted by molar-refractivity contribution is -0.163. The van der Waals surface area contributed by atoms with Gasteiger partial charge in [-0.15, -0.1) is 11.3 Å². The highest BCUT2D eigenvalue weighted by atomic mass is 32.1. The van der Waals surface area contributed by atoms with Crippen LogP contribution in [0.4, 0.5) is 0 Å². The normalized spacial score (nSPS) is 22.6. The number of carbonyl (C=O) groups is 2. The molecule has 116 valence electrons. The fourth-order valence-electron chi connectivity index (χ4n) is 2.81. The lowest BCUT2D eigenvalue weighted by Crippen LogP contribution is -2.72. The van der Waals surface area contributed by atoms with Crippen LogP contribution in [0.25, 0.3) is 0 Å². The second-order valence-corrected chi connectivity index (χ2v) is 7.77. The van der Waals surface area contributed by atoms with Crippen molar-refractivity contribution < 1.29 is 9.59 Å². The van der Waals surface area contributed by atoms with Crippen LogP contribution in [0.2, 0.25) is 0 Å². The number of piperazine rings is 1. The smallest absolute Gasteiger partial charge is 0.249 e. The van der Waals surface area contributed by atoms with Crippen LogP contribution in [0, 0.1) is 5.92 Å². The molecule has 1 aliphatic heterocycles. The highest BCUT2D eigenvalue weighted by molar-refractivity contribution is 7.09. The molecule has 0 radical (unpaired) electrons. The second-order valence-electron chi connectivity index (χ2n) is 6.87. The number of nitrogens with one attached hydrogen (secondary N) is 1. The Labute approximate surface area is 129 Å². The van der Waals surface area contributed by atoms with E-state index in [1.54, 1.807) is 24.9 Å². The summed E-state index contributed by atoms with van der Waals surface area (Å²) in [4.78, 5) is 31.5. The third-order valence-electron chi connectivity index (χ3n) is 3.93. The van der Waals surface area contributed by atoms with Gasteiger partial charge < -0.3 is 10.2 Å². The summed E-state index contributed by atoms with van der Waals surface area (Å²) in [6.07, 6.45) is 1.73. The Balaban J connectivity index is 2.53. The SMILES string of the molecule is CC(C)C1C(=O)NC(C)(C)C(=O)N1C(C)(C)c1nccs1. The molecule has 1 unspecified atom stereocenters. The van der Waals surface area contributed by atoms with Gasteiger partial charge in [-0.25, -0.2) is 4.98 Å². The lowest BCUT2D eigenvalue weighted by Gasteiger charge is -2.50. The summed E-state index contributed by atoms with van der Waals surface area (Å²) in [5, 5.41) is 5.57. The number of hydrogen-bond donors (Lipinski definition) is 1. The molecule has 0 bridgehead atoms. The van der Waals surface area contributed by atoms with Crippen molar-refractivity contribution >= 4 is 23.2 Å². The van der Waals surface area contributed by atoms with Crippen molar-refractivity contribution in [3.05, 3.63) is 16.6 Å². The molecule has 1 atom stereocenters. The molecule has 2 amide bonds. The summed E-state index contributed by atoms with van der Waals surface area (Å²) in [6, 6.07) is -0.482. The van der Waals surface area contributed by atoms with Gasteiger partial charge >= 0.3 is 0 Å². The first-order valence-corrected chi connectivity index (χ1v) is 8.02. The van der Waals surface area contributed by atoms with Gasteiger partial charge in [0.05, 0.1) is 5.54 Å². The van der Waals surface area contributed by atoms with Gasteiger partial charge in [0.2, 0.25) is 11.8 Å². The molecule has 1 aromatic heterocycles. The van der Waals surface area contributed by atoms with E-state index in [0.717, 1.165) is 5.01 Å². The van der Waals surface area contributed by atoms with Gasteiger partial charge in [-0.05, 0) is 33.6 Å². The Morgan fingerprint density at radius 1 is 1.38 bits per heavy atom. The molecule has 0 saturated carbocycles. The molecule has 6 heteroatoms. The first-order valence-electron chi connectivity index (χ1n) is 7.15. The Hall–Kier alpha value is -1.43. The Bertz CT molecular complexity index is 549. The number of rotatable bonds is 3. The van der Waals surface area contributed by atoms with Crippen LogP contribution >= 0.6 is 11.3 Å². The van der Waals surface area contributed by atoms with E-state index in [1.165, 1.54) is 11.3 Å². The van der Waals surface area contributed by atoms with Gasteiger partial charge in [-0.3, -0.25) is 9.59 Å². The molecular formula is C15H23N3O2S. The Morgan fingerprint density at radius 2 is 2.00 bits per heavy atom. The molecule has 1 N–H and O–H groups in total. The van der Waals surface area contributed by atoms with Gasteiger partial charge in [0.15, 0.2) is 0 Å². The first-order chi connectivity index (χ1) is 9.59. The lowest BCUT2D eigenvalue weighted by atomic mass is 9.86. The summed E-state index contributed by atoms with van der Waals surface area (Å²) >= 11 is 1.50. The minimum atomic E-state index is -0.892. The molecule has 0 spiro atoms.